The van der Waals surface area contributed by atoms with Gasteiger partial charge in [0.1, 0.15) is 5.76 Å². The zero-order chi connectivity index (χ0) is 26.3. The van der Waals surface area contributed by atoms with Gasteiger partial charge in [0, 0.05) is 34.2 Å². The predicted octanol–water partition coefficient (Wildman–Crippen LogP) is 6.78. The third-order valence-electron chi connectivity index (χ3n) is 7.05. The normalized spacial score (nSPS) is 17.6. The highest BCUT2D eigenvalue weighted by molar-refractivity contribution is 6.46. The average molecular weight is 513 g/mol. The molecule has 0 unspecified atom stereocenters. The second-order valence-electron chi connectivity index (χ2n) is 10.5. The third-order valence-corrected chi connectivity index (χ3v) is 7.30. The van der Waals surface area contributed by atoms with E-state index in [4.69, 9.17) is 11.6 Å². The maximum Gasteiger partial charge on any atom is 0.295 e. The van der Waals surface area contributed by atoms with Crippen LogP contribution in [0.25, 0.3) is 16.7 Å². The first-order chi connectivity index (χ1) is 17.6. The van der Waals surface area contributed by atoms with E-state index in [1.807, 2.05) is 54.7 Å². The Hall–Kier alpha value is -3.83. The van der Waals surface area contributed by atoms with Crippen LogP contribution in [0.15, 0.2) is 84.6 Å². The molecule has 5 nitrogen and oxygen atoms in total. The summed E-state index contributed by atoms with van der Waals surface area (Å²) in [5, 5.41) is 12.9. The highest BCUT2D eigenvalue weighted by Gasteiger charge is 2.46. The molecule has 0 bridgehead atoms. The van der Waals surface area contributed by atoms with Crippen LogP contribution in [0.4, 0.5) is 0 Å². The number of nitrogens with zero attached hydrogens (tertiary/aromatic N) is 1. The minimum Gasteiger partial charge on any atom is -0.507 e. The molecule has 0 aliphatic carbocycles. The van der Waals surface area contributed by atoms with Gasteiger partial charge in [-0.1, -0.05) is 74.8 Å². The van der Waals surface area contributed by atoms with E-state index in [-0.39, 0.29) is 16.7 Å². The third kappa shape index (κ3) is 4.67. The number of nitrogens with one attached hydrogen (secondary N) is 1. The summed E-state index contributed by atoms with van der Waals surface area (Å²) < 4.78 is 0. The molecule has 37 heavy (non-hydrogen) atoms. The number of carbonyl (C=O) groups is 2. The number of amides is 1. The van der Waals surface area contributed by atoms with E-state index >= 15 is 0 Å². The van der Waals surface area contributed by atoms with Crippen molar-refractivity contribution in [3.63, 3.8) is 0 Å². The SMILES string of the molecule is CC(C)(C)c1ccc([C@H]2C(=C(O)c3ccc(Cl)cc3)C(=O)C(=O)N2CCc2c[nH]c3ccccc23)cc1. The summed E-state index contributed by atoms with van der Waals surface area (Å²) >= 11 is 6.03. The van der Waals surface area contributed by atoms with Crippen LogP contribution in [-0.2, 0) is 21.4 Å². The molecule has 1 atom stereocenters. The highest BCUT2D eigenvalue weighted by atomic mass is 35.5. The van der Waals surface area contributed by atoms with E-state index in [0.717, 1.165) is 27.6 Å². The number of hydrogen-bond acceptors (Lipinski definition) is 3. The molecule has 5 rings (SSSR count). The minimum absolute atomic E-state index is 0.0427. The standard InChI is InChI=1S/C31H29ClN2O3/c1-31(2,3)22-12-8-19(9-13-22)27-26(28(35)20-10-14-23(32)15-11-20)29(36)30(37)34(27)17-16-21-18-33-25-7-5-4-6-24(21)25/h4-15,18,27,33,35H,16-17H2,1-3H3/t27-/m0/s1. The molecule has 2 N–H and O–H groups in total. The molecule has 1 amide bonds. The van der Waals surface area contributed by atoms with E-state index in [1.165, 1.54) is 0 Å². The molecule has 3 aromatic carbocycles. The van der Waals surface area contributed by atoms with Gasteiger partial charge in [-0.05, 0) is 58.9 Å². The van der Waals surface area contributed by atoms with Crippen LogP contribution in [0.3, 0.4) is 0 Å². The van der Waals surface area contributed by atoms with Gasteiger partial charge in [-0.15, -0.1) is 0 Å². The Bertz CT molecular complexity index is 1510. The molecular formula is C31H29ClN2O3. The lowest BCUT2D eigenvalue weighted by molar-refractivity contribution is -0.139. The maximum absolute atomic E-state index is 13.3. The fourth-order valence-corrected chi connectivity index (χ4v) is 5.09. The van der Waals surface area contributed by atoms with Crippen molar-refractivity contribution in [3.8, 4) is 0 Å². The Kier molecular flexibility index (Phi) is 6.42. The first kappa shape index (κ1) is 24.8. The number of fused-ring (bicyclic) bond motifs is 1. The number of hydrogen-bond donors (Lipinski definition) is 2. The van der Waals surface area contributed by atoms with Crippen LogP contribution in [0.1, 0.15) is 49.1 Å². The number of ketones is 1. The minimum atomic E-state index is -0.699. The smallest absolute Gasteiger partial charge is 0.295 e. The number of H-pyrrole nitrogens is 1. The van der Waals surface area contributed by atoms with E-state index in [2.05, 4.69) is 25.8 Å². The van der Waals surface area contributed by atoms with Crippen molar-refractivity contribution in [2.75, 3.05) is 6.54 Å². The summed E-state index contributed by atoms with van der Waals surface area (Å²) in [6.07, 6.45) is 2.51. The zero-order valence-electron chi connectivity index (χ0n) is 21.1. The Morgan fingerprint density at radius 1 is 0.973 bits per heavy atom. The number of para-hydroxylation sites is 1. The number of carbonyl (C=O) groups excluding carboxylic acids is 2. The number of likely N-dealkylation sites (tertiary alicyclic amines) is 1. The first-order valence-corrected chi connectivity index (χ1v) is 12.7. The number of halogens is 1. The van der Waals surface area contributed by atoms with Gasteiger partial charge in [-0.25, -0.2) is 0 Å². The van der Waals surface area contributed by atoms with Crippen LogP contribution < -0.4 is 0 Å². The largest absolute Gasteiger partial charge is 0.507 e. The Morgan fingerprint density at radius 2 is 1.65 bits per heavy atom. The van der Waals surface area contributed by atoms with Crippen molar-refractivity contribution in [3.05, 3.63) is 112 Å². The molecule has 2 heterocycles. The maximum atomic E-state index is 13.3. The zero-order valence-corrected chi connectivity index (χ0v) is 21.8. The number of aromatic amines is 1. The summed E-state index contributed by atoms with van der Waals surface area (Å²) in [7, 11) is 0. The lowest BCUT2D eigenvalue weighted by Crippen LogP contribution is -2.31. The molecule has 4 aromatic rings. The van der Waals surface area contributed by atoms with Crippen molar-refractivity contribution in [2.24, 2.45) is 0 Å². The van der Waals surface area contributed by atoms with Crippen molar-refractivity contribution < 1.29 is 14.7 Å². The van der Waals surface area contributed by atoms with Gasteiger partial charge >= 0.3 is 0 Å². The highest BCUT2D eigenvalue weighted by Crippen LogP contribution is 2.40. The van der Waals surface area contributed by atoms with Crippen LogP contribution in [0.5, 0.6) is 0 Å². The quantitative estimate of drug-likeness (QED) is 0.176. The fraction of sp³-hybridized carbons (Fsp3) is 0.226. The van der Waals surface area contributed by atoms with Gasteiger partial charge in [0.2, 0.25) is 0 Å². The molecule has 188 valence electrons. The van der Waals surface area contributed by atoms with Gasteiger partial charge in [-0.2, -0.15) is 0 Å². The molecule has 0 spiro atoms. The van der Waals surface area contributed by atoms with Gasteiger partial charge in [-0.3, -0.25) is 9.59 Å². The van der Waals surface area contributed by atoms with Crippen LogP contribution in [-0.4, -0.2) is 33.2 Å². The fourth-order valence-electron chi connectivity index (χ4n) is 4.97. The van der Waals surface area contributed by atoms with Crippen molar-refractivity contribution in [1.29, 1.82) is 0 Å². The van der Waals surface area contributed by atoms with Crippen molar-refractivity contribution in [1.82, 2.24) is 9.88 Å². The number of aliphatic hydroxyl groups excluding tert-OH is 1. The lowest BCUT2D eigenvalue weighted by atomic mass is 9.85. The second-order valence-corrected chi connectivity index (χ2v) is 10.9. The number of aliphatic hydroxyl groups is 1. The number of aromatic nitrogens is 1. The van der Waals surface area contributed by atoms with Crippen molar-refractivity contribution >= 4 is 40.0 Å². The van der Waals surface area contributed by atoms with Gasteiger partial charge in [0.25, 0.3) is 11.7 Å². The Morgan fingerprint density at radius 3 is 2.32 bits per heavy atom. The first-order valence-electron chi connectivity index (χ1n) is 12.3. The molecule has 1 fully saturated rings. The van der Waals surface area contributed by atoms with E-state index in [9.17, 15) is 14.7 Å². The van der Waals surface area contributed by atoms with Crippen LogP contribution in [0, 0.1) is 0 Å². The van der Waals surface area contributed by atoms with E-state index in [0.29, 0.717) is 23.6 Å². The van der Waals surface area contributed by atoms with Crippen LogP contribution >= 0.6 is 11.6 Å². The Balaban J connectivity index is 1.57. The predicted molar refractivity (Wildman–Crippen MR) is 148 cm³/mol. The molecule has 1 saturated heterocycles. The number of benzene rings is 3. The molecule has 1 aliphatic rings. The van der Waals surface area contributed by atoms with Gasteiger partial charge in [0.15, 0.2) is 0 Å². The lowest BCUT2D eigenvalue weighted by Gasteiger charge is -2.26. The topological polar surface area (TPSA) is 73.4 Å². The molecular weight excluding hydrogens is 484 g/mol. The van der Waals surface area contributed by atoms with E-state index in [1.54, 1.807) is 29.2 Å². The summed E-state index contributed by atoms with van der Waals surface area (Å²) in [6, 6.07) is 21.8. The van der Waals surface area contributed by atoms with Crippen LogP contribution in [0.2, 0.25) is 5.02 Å². The summed E-state index contributed by atoms with van der Waals surface area (Å²) in [4.78, 5) is 31.5. The molecule has 6 heteroatoms. The van der Waals surface area contributed by atoms with Gasteiger partial charge < -0.3 is 15.0 Å². The number of Topliss-reactive ketones (excluding diaryl/α,β-unsaturated/α-hetero) is 1. The molecule has 0 radical (unpaired) electrons. The monoisotopic (exact) mass is 512 g/mol. The molecule has 0 saturated carbocycles. The Labute approximate surface area is 221 Å². The molecule has 1 aliphatic heterocycles. The summed E-state index contributed by atoms with van der Waals surface area (Å²) in [5.41, 5.74) is 4.50. The van der Waals surface area contributed by atoms with Gasteiger partial charge in [0.05, 0.1) is 11.6 Å². The second kappa shape index (κ2) is 9.56. The summed E-state index contributed by atoms with van der Waals surface area (Å²) in [5.74, 6) is -1.49. The summed E-state index contributed by atoms with van der Waals surface area (Å²) in [6.45, 7) is 6.73. The number of rotatable bonds is 5. The molecule has 1 aromatic heterocycles. The average Bonchev–Trinajstić information content (AvgIpc) is 3.41. The van der Waals surface area contributed by atoms with E-state index < -0.39 is 17.7 Å². The van der Waals surface area contributed by atoms with Crippen molar-refractivity contribution in [2.45, 2.75) is 38.6 Å².